The van der Waals surface area contributed by atoms with Gasteiger partial charge < -0.3 is 15.2 Å². The zero-order chi connectivity index (χ0) is 23.6. The zero-order valence-corrected chi connectivity index (χ0v) is 20.4. The Morgan fingerprint density at radius 3 is 2.71 bits per heavy atom. The summed E-state index contributed by atoms with van der Waals surface area (Å²) in [6, 6.07) is 6.42. The first-order chi connectivity index (χ1) is 16.4. The predicted molar refractivity (Wildman–Crippen MR) is 130 cm³/mol. The molecule has 180 valence electrons. The fraction of sp³-hybridized carbons (Fsp3) is 0.643. The molecule has 1 aromatic carbocycles. The maximum absolute atomic E-state index is 14.5. The highest BCUT2D eigenvalue weighted by molar-refractivity contribution is 6.08. The van der Waals surface area contributed by atoms with Crippen LogP contribution in [0.5, 0.6) is 0 Å². The molecule has 1 saturated heterocycles. The molecule has 0 aromatic heterocycles. The minimum Gasteiger partial charge on any atom is -0.381 e. The largest absolute Gasteiger partial charge is 0.381 e. The topological polar surface area (TPSA) is 77.2 Å². The summed E-state index contributed by atoms with van der Waals surface area (Å²) in [5.41, 5.74) is 8.12. The van der Waals surface area contributed by atoms with Crippen molar-refractivity contribution >= 4 is 11.9 Å². The number of hydrogen-bond acceptors (Lipinski definition) is 5. The van der Waals surface area contributed by atoms with Crippen LogP contribution in [-0.2, 0) is 26.2 Å². The van der Waals surface area contributed by atoms with Crippen LogP contribution in [-0.4, -0.2) is 48.7 Å². The lowest BCUT2D eigenvalue weighted by atomic mass is 9.61. The van der Waals surface area contributed by atoms with E-state index in [-0.39, 0.29) is 23.0 Å². The molecule has 2 spiro atoms. The van der Waals surface area contributed by atoms with Crippen molar-refractivity contribution in [2.24, 2.45) is 22.1 Å². The molecule has 5 aliphatic rings. The number of carbonyl (C=O) groups excluding carboxylic acids is 1. The number of nitrogens with zero attached hydrogens (tertiary/aromatic N) is 2. The van der Waals surface area contributed by atoms with Crippen LogP contribution in [0.4, 0.5) is 0 Å². The third kappa shape index (κ3) is 3.31. The van der Waals surface area contributed by atoms with Crippen LogP contribution >= 0.6 is 0 Å². The van der Waals surface area contributed by atoms with Crippen molar-refractivity contribution < 1.29 is 14.3 Å². The van der Waals surface area contributed by atoms with Gasteiger partial charge in [-0.3, -0.25) is 9.69 Å². The van der Waals surface area contributed by atoms with E-state index in [0.717, 1.165) is 62.7 Å². The van der Waals surface area contributed by atoms with Gasteiger partial charge in [0, 0.05) is 30.6 Å². The Labute approximate surface area is 202 Å². The lowest BCUT2D eigenvalue weighted by molar-refractivity contribution is -0.140. The summed E-state index contributed by atoms with van der Waals surface area (Å²) < 4.78 is 11.7. The van der Waals surface area contributed by atoms with Crippen molar-refractivity contribution in [3.8, 4) is 11.8 Å². The smallest absolute Gasteiger partial charge is 0.262 e. The molecule has 34 heavy (non-hydrogen) atoms. The number of amides is 1. The number of aliphatic imine (C=N–C) groups is 1. The molecule has 6 heteroatoms. The second-order valence-corrected chi connectivity index (χ2v) is 11.3. The quantitative estimate of drug-likeness (QED) is 0.699. The van der Waals surface area contributed by atoms with Gasteiger partial charge in [-0.1, -0.05) is 17.9 Å². The van der Waals surface area contributed by atoms with Crippen LogP contribution < -0.4 is 5.73 Å². The van der Waals surface area contributed by atoms with Crippen LogP contribution in [0.15, 0.2) is 23.2 Å². The van der Waals surface area contributed by atoms with Crippen LogP contribution in [0.1, 0.15) is 75.0 Å². The molecule has 3 aliphatic carbocycles. The molecule has 2 heterocycles. The Morgan fingerprint density at radius 1 is 1.24 bits per heavy atom. The van der Waals surface area contributed by atoms with Crippen molar-refractivity contribution in [3.05, 3.63) is 34.9 Å². The van der Waals surface area contributed by atoms with Gasteiger partial charge in [0.1, 0.15) is 0 Å². The molecule has 2 atom stereocenters. The highest BCUT2D eigenvalue weighted by atomic mass is 16.5. The molecule has 6 rings (SSSR count). The summed E-state index contributed by atoms with van der Waals surface area (Å²) in [6.45, 7) is 3.27. The first-order valence-corrected chi connectivity index (χ1v) is 12.9. The van der Waals surface area contributed by atoms with Gasteiger partial charge >= 0.3 is 0 Å². The normalized spacial score (nSPS) is 36.6. The molecule has 1 aromatic rings. The van der Waals surface area contributed by atoms with Crippen molar-refractivity contribution in [2.45, 2.75) is 82.0 Å². The number of nitrogens with two attached hydrogens (primary N) is 1. The van der Waals surface area contributed by atoms with Crippen molar-refractivity contribution in [3.63, 3.8) is 0 Å². The van der Waals surface area contributed by atoms with E-state index < -0.39 is 5.54 Å². The maximum atomic E-state index is 14.5. The van der Waals surface area contributed by atoms with Crippen LogP contribution in [0.3, 0.4) is 0 Å². The van der Waals surface area contributed by atoms with Gasteiger partial charge in [-0.25, -0.2) is 4.99 Å². The average Bonchev–Trinajstić information content (AvgIpc) is 3.45. The van der Waals surface area contributed by atoms with Crippen molar-refractivity contribution in [2.75, 3.05) is 20.3 Å². The van der Waals surface area contributed by atoms with Gasteiger partial charge in [0.15, 0.2) is 11.5 Å². The first kappa shape index (κ1) is 22.1. The van der Waals surface area contributed by atoms with E-state index in [4.69, 9.17) is 20.2 Å². The zero-order valence-electron chi connectivity index (χ0n) is 20.4. The van der Waals surface area contributed by atoms with Gasteiger partial charge in [0.05, 0.1) is 18.2 Å². The fourth-order valence-electron chi connectivity index (χ4n) is 6.80. The van der Waals surface area contributed by atoms with Gasteiger partial charge in [0.25, 0.3) is 5.91 Å². The van der Waals surface area contributed by atoms with Crippen molar-refractivity contribution in [1.82, 2.24) is 4.90 Å². The number of benzene rings is 1. The highest BCUT2D eigenvalue weighted by Crippen LogP contribution is 2.62. The van der Waals surface area contributed by atoms with Gasteiger partial charge in [0.2, 0.25) is 0 Å². The molecule has 0 bridgehead atoms. The van der Waals surface area contributed by atoms with E-state index in [1.54, 1.807) is 12.0 Å². The lowest BCUT2D eigenvalue weighted by Gasteiger charge is -2.45. The van der Waals surface area contributed by atoms with Crippen molar-refractivity contribution in [1.29, 1.82) is 0 Å². The molecule has 6 nitrogen and oxygen atoms in total. The summed E-state index contributed by atoms with van der Waals surface area (Å²) in [5.74, 6) is 7.61. The molecular weight excluding hydrogens is 426 g/mol. The van der Waals surface area contributed by atoms with Gasteiger partial charge in [-0.2, -0.15) is 0 Å². The average molecular weight is 462 g/mol. The Balaban J connectivity index is 1.43. The monoisotopic (exact) mass is 461 g/mol. The second-order valence-electron chi connectivity index (χ2n) is 11.3. The summed E-state index contributed by atoms with van der Waals surface area (Å²) >= 11 is 0. The Bertz CT molecular complexity index is 1100. The van der Waals surface area contributed by atoms with Gasteiger partial charge in [-0.15, -0.1) is 0 Å². The molecule has 2 saturated carbocycles. The number of ether oxygens (including phenoxy) is 2. The highest BCUT2D eigenvalue weighted by Gasteiger charge is 2.67. The number of rotatable bonds is 3. The molecular formula is C28H35N3O3. The van der Waals surface area contributed by atoms with Crippen LogP contribution in [0.2, 0.25) is 0 Å². The van der Waals surface area contributed by atoms with Crippen LogP contribution in [0.25, 0.3) is 0 Å². The summed E-state index contributed by atoms with van der Waals surface area (Å²) in [6.07, 6.45) is 9.08. The standard InChI is InChI=1S/C28H35N3O3/c1-26(12-3-15-34-26)18-31-24(32)28(30-25(31)29)23-16-20(7-6-19-4-5-19)8-9-21(23)17-27(28)13-10-22(33-2)11-14-27/h8-9,16,19,22H,3-5,10-15,17-18H2,1-2H3,(H2,29,30). The Hall–Kier alpha value is -2.36. The molecule has 2 unspecified atom stereocenters. The number of hydrogen-bond donors (Lipinski definition) is 1. The minimum atomic E-state index is -0.975. The van der Waals surface area contributed by atoms with E-state index >= 15 is 0 Å². The summed E-state index contributed by atoms with van der Waals surface area (Å²) in [5, 5.41) is 0. The number of methoxy groups -OCH3 is 1. The molecule has 2 N–H and O–H groups in total. The molecule has 2 aliphatic heterocycles. The fourth-order valence-corrected chi connectivity index (χ4v) is 6.80. The third-order valence-electron chi connectivity index (χ3n) is 8.92. The number of fused-ring (bicyclic) bond motifs is 3. The van der Waals surface area contributed by atoms with E-state index in [1.165, 1.54) is 18.4 Å². The summed E-state index contributed by atoms with van der Waals surface area (Å²) in [7, 11) is 1.79. The van der Waals surface area contributed by atoms with E-state index in [2.05, 4.69) is 37.0 Å². The number of guanidine groups is 1. The predicted octanol–water partition coefficient (Wildman–Crippen LogP) is 3.50. The SMILES string of the molecule is COC1CCC2(CC1)Cc1ccc(C#CC3CC3)cc1C21N=C(N)N(CC2(C)CCCO2)C1=O. The second kappa shape index (κ2) is 7.83. The van der Waals surface area contributed by atoms with Crippen LogP contribution in [0, 0.1) is 23.2 Å². The first-order valence-electron chi connectivity index (χ1n) is 12.9. The number of carbonyl (C=O) groups is 1. The molecule has 3 fully saturated rings. The Morgan fingerprint density at radius 2 is 2.03 bits per heavy atom. The minimum absolute atomic E-state index is 0.0173. The lowest BCUT2D eigenvalue weighted by Crippen LogP contribution is -2.54. The van der Waals surface area contributed by atoms with Gasteiger partial charge in [-0.05, 0) is 88.0 Å². The van der Waals surface area contributed by atoms with E-state index in [0.29, 0.717) is 18.4 Å². The summed E-state index contributed by atoms with van der Waals surface area (Å²) in [4.78, 5) is 21.3. The third-order valence-corrected chi connectivity index (χ3v) is 8.92. The van der Waals surface area contributed by atoms with E-state index in [9.17, 15) is 4.79 Å². The molecule has 0 radical (unpaired) electrons. The Kier molecular flexibility index (Phi) is 5.09. The maximum Gasteiger partial charge on any atom is 0.262 e. The molecule has 1 amide bonds. The van der Waals surface area contributed by atoms with E-state index in [1.807, 2.05) is 0 Å².